The molecule has 4 nitrogen and oxygen atoms in total. The molecule has 0 spiro atoms. The van der Waals surface area contributed by atoms with E-state index in [4.69, 9.17) is 14.2 Å². The van der Waals surface area contributed by atoms with Gasteiger partial charge in [-0.05, 0) is 19.1 Å². The summed E-state index contributed by atoms with van der Waals surface area (Å²) < 4.78 is 15.5. The molecular weight excluding hydrogens is 172 g/mol. The maximum Gasteiger partial charge on any atom is 0.361 e. The number of benzene rings is 1. The molecule has 70 valence electrons. The highest BCUT2D eigenvalue weighted by molar-refractivity contribution is 5.51. The number of fused-ring (bicyclic) bond motifs is 1. The van der Waals surface area contributed by atoms with Gasteiger partial charge in [-0.2, -0.15) is 0 Å². The van der Waals surface area contributed by atoms with Gasteiger partial charge in [0.1, 0.15) is 0 Å². The SMILES string of the molecule is CCO[C@H]1Oc2cccc(O)c2O1. The molecule has 0 saturated carbocycles. The average Bonchev–Trinajstić information content (AvgIpc) is 2.49. The summed E-state index contributed by atoms with van der Waals surface area (Å²) in [5.41, 5.74) is 0. The molecule has 4 heteroatoms. The number of ether oxygens (including phenoxy) is 3. The molecule has 1 aliphatic heterocycles. The Kier molecular flexibility index (Phi) is 1.98. The summed E-state index contributed by atoms with van der Waals surface area (Å²) in [6.45, 7) is 1.61. The lowest BCUT2D eigenvalue weighted by Gasteiger charge is -2.08. The predicted molar refractivity (Wildman–Crippen MR) is 44.8 cm³/mol. The molecule has 1 atom stereocenters. The van der Waals surface area contributed by atoms with Gasteiger partial charge in [0, 0.05) is 0 Å². The Morgan fingerprint density at radius 2 is 2.31 bits per heavy atom. The third kappa shape index (κ3) is 1.40. The lowest BCUT2D eigenvalue weighted by molar-refractivity contribution is -0.173. The van der Waals surface area contributed by atoms with Crippen molar-refractivity contribution in [2.45, 2.75) is 13.4 Å². The number of hydrogen-bond donors (Lipinski definition) is 1. The van der Waals surface area contributed by atoms with Crippen molar-refractivity contribution in [1.29, 1.82) is 0 Å². The fraction of sp³-hybridized carbons (Fsp3) is 0.333. The second-order valence-corrected chi connectivity index (χ2v) is 2.58. The van der Waals surface area contributed by atoms with Crippen LogP contribution in [0, 0.1) is 0 Å². The molecule has 1 aromatic carbocycles. The minimum absolute atomic E-state index is 0.0692. The van der Waals surface area contributed by atoms with Gasteiger partial charge >= 0.3 is 6.48 Å². The first kappa shape index (κ1) is 8.19. The zero-order valence-corrected chi connectivity index (χ0v) is 7.19. The zero-order valence-electron chi connectivity index (χ0n) is 7.19. The van der Waals surface area contributed by atoms with E-state index in [0.29, 0.717) is 18.1 Å². The fourth-order valence-corrected chi connectivity index (χ4v) is 1.14. The van der Waals surface area contributed by atoms with Crippen molar-refractivity contribution in [2.24, 2.45) is 0 Å². The van der Waals surface area contributed by atoms with Gasteiger partial charge in [0.2, 0.25) is 5.75 Å². The quantitative estimate of drug-likeness (QED) is 0.752. The van der Waals surface area contributed by atoms with Gasteiger partial charge in [-0.25, -0.2) is 0 Å². The van der Waals surface area contributed by atoms with Crippen molar-refractivity contribution < 1.29 is 19.3 Å². The summed E-state index contributed by atoms with van der Waals surface area (Å²) in [4.78, 5) is 0. The van der Waals surface area contributed by atoms with Crippen LogP contribution in [0.3, 0.4) is 0 Å². The van der Waals surface area contributed by atoms with Crippen LogP contribution in [-0.2, 0) is 4.74 Å². The van der Waals surface area contributed by atoms with Crippen LogP contribution in [0.1, 0.15) is 6.92 Å². The number of phenols is 1. The number of para-hydroxylation sites is 1. The Balaban J connectivity index is 2.20. The Bertz CT molecular complexity index is 310. The third-order valence-electron chi connectivity index (χ3n) is 1.70. The molecule has 0 aromatic heterocycles. The largest absolute Gasteiger partial charge is 0.504 e. The van der Waals surface area contributed by atoms with E-state index < -0.39 is 6.48 Å². The summed E-state index contributed by atoms with van der Waals surface area (Å²) in [5.74, 6) is 0.930. The number of rotatable bonds is 2. The minimum Gasteiger partial charge on any atom is -0.504 e. The van der Waals surface area contributed by atoms with Crippen LogP contribution in [-0.4, -0.2) is 18.2 Å². The van der Waals surface area contributed by atoms with Gasteiger partial charge in [0.05, 0.1) is 6.61 Å². The normalized spacial score (nSPS) is 19.0. The molecule has 1 N–H and O–H groups in total. The van der Waals surface area contributed by atoms with Gasteiger partial charge < -0.3 is 19.3 Å². The minimum atomic E-state index is -0.728. The van der Waals surface area contributed by atoms with Crippen molar-refractivity contribution >= 4 is 0 Å². The van der Waals surface area contributed by atoms with Crippen molar-refractivity contribution in [2.75, 3.05) is 6.61 Å². The standard InChI is InChI=1S/C9H10O4/c1-2-11-9-12-7-5-3-4-6(10)8(7)13-9/h3-5,9-10H,2H2,1H3/t9-/m0/s1. The summed E-state index contributed by atoms with van der Waals surface area (Å²) in [6, 6.07) is 4.94. The van der Waals surface area contributed by atoms with Crippen LogP contribution < -0.4 is 9.47 Å². The maximum atomic E-state index is 9.36. The van der Waals surface area contributed by atoms with Crippen molar-refractivity contribution in [3.8, 4) is 17.2 Å². The average molecular weight is 182 g/mol. The molecule has 13 heavy (non-hydrogen) atoms. The first-order valence-electron chi connectivity index (χ1n) is 4.08. The van der Waals surface area contributed by atoms with Gasteiger partial charge in [0.15, 0.2) is 11.5 Å². The van der Waals surface area contributed by atoms with Crippen molar-refractivity contribution in [3.05, 3.63) is 18.2 Å². The van der Waals surface area contributed by atoms with E-state index in [1.807, 2.05) is 6.92 Å². The topological polar surface area (TPSA) is 47.9 Å². The van der Waals surface area contributed by atoms with E-state index in [-0.39, 0.29) is 5.75 Å². The van der Waals surface area contributed by atoms with Crippen LogP contribution >= 0.6 is 0 Å². The summed E-state index contributed by atoms with van der Waals surface area (Å²) in [5, 5.41) is 9.36. The van der Waals surface area contributed by atoms with E-state index >= 15 is 0 Å². The molecule has 2 rings (SSSR count). The number of phenolic OH excluding ortho intramolecular Hbond substituents is 1. The van der Waals surface area contributed by atoms with Crippen LogP contribution in [0.5, 0.6) is 17.2 Å². The molecular formula is C9H10O4. The second-order valence-electron chi connectivity index (χ2n) is 2.58. The molecule has 0 aliphatic carbocycles. The number of aromatic hydroxyl groups is 1. The van der Waals surface area contributed by atoms with Gasteiger partial charge in [-0.1, -0.05) is 6.07 Å². The predicted octanol–water partition coefficient (Wildman–Crippen LogP) is 1.48. The van der Waals surface area contributed by atoms with Crippen LogP contribution in [0.25, 0.3) is 0 Å². The Hall–Kier alpha value is -1.42. The molecule has 1 heterocycles. The monoisotopic (exact) mass is 182 g/mol. The maximum absolute atomic E-state index is 9.36. The third-order valence-corrected chi connectivity index (χ3v) is 1.70. The lowest BCUT2D eigenvalue weighted by atomic mass is 10.3. The Morgan fingerprint density at radius 3 is 3.00 bits per heavy atom. The van der Waals surface area contributed by atoms with E-state index in [1.54, 1.807) is 12.1 Å². The highest BCUT2D eigenvalue weighted by Crippen LogP contribution is 2.41. The van der Waals surface area contributed by atoms with Crippen LogP contribution in [0.2, 0.25) is 0 Å². The van der Waals surface area contributed by atoms with E-state index in [9.17, 15) is 5.11 Å². The fourth-order valence-electron chi connectivity index (χ4n) is 1.14. The molecule has 0 fully saturated rings. The summed E-state index contributed by atoms with van der Waals surface area (Å²) >= 11 is 0. The number of hydrogen-bond acceptors (Lipinski definition) is 4. The molecule has 0 radical (unpaired) electrons. The molecule has 0 amide bonds. The highest BCUT2D eigenvalue weighted by Gasteiger charge is 2.26. The molecule has 0 unspecified atom stereocenters. The van der Waals surface area contributed by atoms with Crippen LogP contribution in [0.15, 0.2) is 18.2 Å². The Labute approximate surface area is 75.7 Å². The molecule has 0 bridgehead atoms. The molecule has 1 aromatic rings. The zero-order chi connectivity index (χ0) is 9.26. The van der Waals surface area contributed by atoms with E-state index in [2.05, 4.69) is 0 Å². The first-order chi connectivity index (χ1) is 6.31. The lowest BCUT2D eigenvalue weighted by Crippen LogP contribution is -2.21. The highest BCUT2D eigenvalue weighted by atomic mass is 16.9. The Morgan fingerprint density at radius 1 is 1.46 bits per heavy atom. The van der Waals surface area contributed by atoms with Gasteiger partial charge in [0.25, 0.3) is 0 Å². The van der Waals surface area contributed by atoms with E-state index in [0.717, 1.165) is 0 Å². The van der Waals surface area contributed by atoms with Crippen molar-refractivity contribution in [3.63, 3.8) is 0 Å². The molecule has 0 saturated heterocycles. The van der Waals surface area contributed by atoms with Gasteiger partial charge in [-0.3, -0.25) is 0 Å². The van der Waals surface area contributed by atoms with Crippen molar-refractivity contribution in [1.82, 2.24) is 0 Å². The first-order valence-corrected chi connectivity index (χ1v) is 4.08. The van der Waals surface area contributed by atoms with Crippen LogP contribution in [0.4, 0.5) is 0 Å². The van der Waals surface area contributed by atoms with E-state index in [1.165, 1.54) is 6.07 Å². The molecule has 1 aliphatic rings. The second kappa shape index (κ2) is 3.14. The smallest absolute Gasteiger partial charge is 0.361 e. The van der Waals surface area contributed by atoms with Gasteiger partial charge in [-0.15, -0.1) is 0 Å². The summed E-state index contributed by atoms with van der Waals surface area (Å²) in [7, 11) is 0. The summed E-state index contributed by atoms with van der Waals surface area (Å²) in [6.07, 6.45) is 0.